The normalized spacial score (nSPS) is 18.1. The molecular weight excluding hydrogens is 344 g/mol. The van der Waals surface area contributed by atoms with Gasteiger partial charge < -0.3 is 19.7 Å². The van der Waals surface area contributed by atoms with E-state index in [1.54, 1.807) is 4.90 Å². The molecule has 2 amide bonds. The van der Waals surface area contributed by atoms with Crippen molar-refractivity contribution in [2.24, 2.45) is 5.92 Å². The number of rotatable bonds is 4. The second-order valence-electron chi connectivity index (χ2n) is 6.96. The van der Waals surface area contributed by atoms with E-state index in [0.717, 1.165) is 22.4 Å². The first kappa shape index (κ1) is 17.4. The summed E-state index contributed by atoms with van der Waals surface area (Å²) in [6, 6.07) is 11.5. The Bertz CT molecular complexity index is 909. The summed E-state index contributed by atoms with van der Waals surface area (Å²) in [5.41, 5.74) is 4.01. The average Bonchev–Trinajstić information content (AvgIpc) is 3.28. The van der Waals surface area contributed by atoms with Gasteiger partial charge in [0.2, 0.25) is 18.6 Å². The fourth-order valence-electron chi connectivity index (χ4n) is 3.55. The molecule has 1 unspecified atom stereocenters. The van der Waals surface area contributed by atoms with Crippen molar-refractivity contribution in [2.45, 2.75) is 26.8 Å². The first-order valence-electron chi connectivity index (χ1n) is 9.08. The van der Waals surface area contributed by atoms with Crippen molar-refractivity contribution in [3.8, 4) is 11.5 Å². The lowest BCUT2D eigenvalue weighted by atomic mass is 10.1. The van der Waals surface area contributed by atoms with Crippen LogP contribution >= 0.6 is 0 Å². The van der Waals surface area contributed by atoms with E-state index in [4.69, 9.17) is 9.47 Å². The molecule has 0 radical (unpaired) electrons. The van der Waals surface area contributed by atoms with Gasteiger partial charge in [-0.25, -0.2) is 0 Å². The molecule has 1 fully saturated rings. The van der Waals surface area contributed by atoms with E-state index < -0.39 is 5.92 Å². The number of carbonyl (C=O) groups excluding carboxylic acids is 2. The predicted molar refractivity (Wildman–Crippen MR) is 101 cm³/mol. The Balaban J connectivity index is 1.41. The van der Waals surface area contributed by atoms with E-state index >= 15 is 0 Å². The smallest absolute Gasteiger partial charge is 0.239 e. The minimum Gasteiger partial charge on any atom is -0.454 e. The van der Waals surface area contributed by atoms with E-state index in [2.05, 4.69) is 5.32 Å². The number of nitrogens with zero attached hydrogens (tertiary/aromatic N) is 1. The third-order valence-electron chi connectivity index (χ3n) is 5.29. The van der Waals surface area contributed by atoms with Crippen LogP contribution in [0.3, 0.4) is 0 Å². The fourth-order valence-corrected chi connectivity index (χ4v) is 3.55. The second-order valence-corrected chi connectivity index (χ2v) is 6.96. The molecule has 27 heavy (non-hydrogen) atoms. The minimum absolute atomic E-state index is 0.133. The van der Waals surface area contributed by atoms with Gasteiger partial charge in [0.05, 0.1) is 0 Å². The molecule has 2 aliphatic rings. The number of amides is 2. The molecule has 6 nitrogen and oxygen atoms in total. The third-order valence-corrected chi connectivity index (χ3v) is 5.29. The monoisotopic (exact) mass is 366 g/mol. The Labute approximate surface area is 158 Å². The number of hydrogen-bond donors (Lipinski definition) is 1. The fraction of sp³-hybridized carbons (Fsp3) is 0.333. The zero-order valence-corrected chi connectivity index (χ0v) is 15.5. The van der Waals surface area contributed by atoms with Gasteiger partial charge in [0, 0.05) is 18.8 Å². The maximum Gasteiger partial charge on any atom is 0.239 e. The van der Waals surface area contributed by atoms with Crippen molar-refractivity contribution < 1.29 is 19.1 Å². The Kier molecular flexibility index (Phi) is 4.48. The molecule has 1 N–H and O–H groups in total. The second kappa shape index (κ2) is 6.95. The van der Waals surface area contributed by atoms with Crippen LogP contribution in [0.4, 0.5) is 5.69 Å². The van der Waals surface area contributed by atoms with Crippen LogP contribution in [0.15, 0.2) is 36.4 Å². The quantitative estimate of drug-likeness (QED) is 0.845. The van der Waals surface area contributed by atoms with Crippen LogP contribution in [-0.4, -0.2) is 25.2 Å². The first-order chi connectivity index (χ1) is 13.0. The van der Waals surface area contributed by atoms with Crippen molar-refractivity contribution in [3.63, 3.8) is 0 Å². The molecule has 4 rings (SSSR count). The summed E-state index contributed by atoms with van der Waals surface area (Å²) in [5, 5.41) is 2.88. The van der Waals surface area contributed by atoms with Crippen LogP contribution in [0.2, 0.25) is 0 Å². The number of aryl methyl sites for hydroxylation is 1. The number of nitrogens with one attached hydrogen (secondary N) is 1. The number of hydrogen-bond acceptors (Lipinski definition) is 4. The number of carbonyl (C=O) groups is 2. The van der Waals surface area contributed by atoms with E-state index in [9.17, 15) is 9.59 Å². The summed E-state index contributed by atoms with van der Waals surface area (Å²) in [5.74, 6) is 0.385. The summed E-state index contributed by atoms with van der Waals surface area (Å²) >= 11 is 0. The Hall–Kier alpha value is -3.02. The summed E-state index contributed by atoms with van der Waals surface area (Å²) in [4.78, 5) is 27.1. The van der Waals surface area contributed by atoms with E-state index in [0.29, 0.717) is 31.0 Å². The molecule has 2 heterocycles. The van der Waals surface area contributed by atoms with Crippen molar-refractivity contribution >= 4 is 17.5 Å². The minimum atomic E-state index is -0.640. The van der Waals surface area contributed by atoms with Gasteiger partial charge in [-0.15, -0.1) is 0 Å². The lowest BCUT2D eigenvalue weighted by molar-refractivity contribution is -0.132. The summed E-state index contributed by atoms with van der Waals surface area (Å²) < 4.78 is 10.6. The van der Waals surface area contributed by atoms with Gasteiger partial charge in [-0.3, -0.25) is 9.59 Å². The van der Waals surface area contributed by atoms with Crippen LogP contribution in [0, 0.1) is 19.8 Å². The summed E-state index contributed by atoms with van der Waals surface area (Å²) in [7, 11) is 0. The van der Waals surface area contributed by atoms with Crippen molar-refractivity contribution in [1.82, 2.24) is 5.32 Å². The Morgan fingerprint density at radius 1 is 1.19 bits per heavy atom. The summed E-state index contributed by atoms with van der Waals surface area (Å²) in [6.45, 7) is 5.16. The van der Waals surface area contributed by atoms with E-state index in [1.165, 1.54) is 0 Å². The van der Waals surface area contributed by atoms with Crippen molar-refractivity contribution in [2.75, 3.05) is 18.2 Å². The SMILES string of the molecule is Cc1cccc(N2CCC(C(=O)NCc3ccc4c(c3)OCO4)C2=O)c1C. The van der Waals surface area contributed by atoms with E-state index in [-0.39, 0.29) is 18.6 Å². The molecule has 0 spiro atoms. The molecule has 0 aromatic heterocycles. The maximum atomic E-state index is 12.8. The van der Waals surface area contributed by atoms with Gasteiger partial charge in [-0.05, 0) is 55.2 Å². The Morgan fingerprint density at radius 3 is 2.85 bits per heavy atom. The first-order valence-corrected chi connectivity index (χ1v) is 9.08. The largest absolute Gasteiger partial charge is 0.454 e. The molecule has 1 saturated heterocycles. The molecule has 2 aromatic carbocycles. The molecule has 0 aliphatic carbocycles. The van der Waals surface area contributed by atoms with Crippen molar-refractivity contribution in [1.29, 1.82) is 0 Å². The topological polar surface area (TPSA) is 67.9 Å². The van der Waals surface area contributed by atoms with Gasteiger partial charge in [-0.1, -0.05) is 18.2 Å². The number of anilines is 1. The van der Waals surface area contributed by atoms with Gasteiger partial charge in [0.1, 0.15) is 5.92 Å². The molecule has 1 atom stereocenters. The Morgan fingerprint density at radius 2 is 2.00 bits per heavy atom. The molecule has 2 aromatic rings. The average molecular weight is 366 g/mol. The lowest BCUT2D eigenvalue weighted by Gasteiger charge is -2.20. The van der Waals surface area contributed by atoms with Crippen LogP contribution in [0.1, 0.15) is 23.1 Å². The maximum absolute atomic E-state index is 12.8. The van der Waals surface area contributed by atoms with Crippen LogP contribution in [0.5, 0.6) is 11.5 Å². The lowest BCUT2D eigenvalue weighted by Crippen LogP contribution is -2.36. The van der Waals surface area contributed by atoms with Crippen molar-refractivity contribution in [3.05, 3.63) is 53.1 Å². The zero-order valence-electron chi connectivity index (χ0n) is 15.5. The summed E-state index contributed by atoms with van der Waals surface area (Å²) in [6.07, 6.45) is 0.527. The standard InChI is InChI=1S/C21H22N2O4/c1-13-4-3-5-17(14(13)2)23-9-8-16(21(23)25)20(24)22-11-15-6-7-18-19(10-15)27-12-26-18/h3-7,10,16H,8-9,11-12H2,1-2H3,(H,22,24). The molecule has 140 valence electrons. The highest BCUT2D eigenvalue weighted by Crippen LogP contribution is 2.33. The van der Waals surface area contributed by atoms with Crippen LogP contribution in [-0.2, 0) is 16.1 Å². The van der Waals surface area contributed by atoms with Gasteiger partial charge in [-0.2, -0.15) is 0 Å². The third kappa shape index (κ3) is 3.23. The highest BCUT2D eigenvalue weighted by Gasteiger charge is 2.38. The molecule has 0 saturated carbocycles. The van der Waals surface area contributed by atoms with Gasteiger partial charge in [0.25, 0.3) is 0 Å². The molecule has 2 aliphatic heterocycles. The number of benzene rings is 2. The number of ether oxygens (including phenoxy) is 2. The van der Waals surface area contributed by atoms with Crippen LogP contribution in [0.25, 0.3) is 0 Å². The highest BCUT2D eigenvalue weighted by atomic mass is 16.7. The van der Waals surface area contributed by atoms with Gasteiger partial charge in [0.15, 0.2) is 11.5 Å². The highest BCUT2D eigenvalue weighted by molar-refractivity contribution is 6.09. The van der Waals surface area contributed by atoms with Gasteiger partial charge >= 0.3 is 0 Å². The zero-order chi connectivity index (χ0) is 19.0. The van der Waals surface area contributed by atoms with E-state index in [1.807, 2.05) is 50.2 Å². The predicted octanol–water partition coefficient (Wildman–Crippen LogP) is 2.70. The molecule has 6 heteroatoms. The molecular formula is C21H22N2O4. The van der Waals surface area contributed by atoms with Crippen LogP contribution < -0.4 is 19.7 Å². The molecule has 0 bridgehead atoms. The number of fused-ring (bicyclic) bond motifs is 1.